The second-order valence-electron chi connectivity index (χ2n) is 9.45. The summed E-state index contributed by atoms with van der Waals surface area (Å²) in [5.74, 6) is 0.183. The number of carbonyl (C=O) groups is 1. The summed E-state index contributed by atoms with van der Waals surface area (Å²) in [7, 11) is -3.69. The van der Waals surface area contributed by atoms with Crippen LogP contribution >= 0.6 is 0 Å². The minimum atomic E-state index is -3.69. The van der Waals surface area contributed by atoms with E-state index >= 15 is 0 Å². The number of aryl methyl sites for hydroxylation is 1. The smallest absolute Gasteiger partial charge is 0.251 e. The van der Waals surface area contributed by atoms with Gasteiger partial charge in [-0.25, -0.2) is 8.42 Å². The average molecular weight is 490 g/mol. The van der Waals surface area contributed by atoms with Crippen LogP contribution in [0.4, 0.5) is 5.69 Å². The molecule has 2 aliphatic rings. The van der Waals surface area contributed by atoms with Gasteiger partial charge in [-0.3, -0.25) is 4.79 Å². The fraction of sp³-hybridized carbons (Fsp3) is 0.321. The summed E-state index contributed by atoms with van der Waals surface area (Å²) >= 11 is 0. The Labute approximate surface area is 207 Å². The first-order chi connectivity index (χ1) is 16.9. The molecule has 1 heterocycles. The minimum Gasteiger partial charge on any atom is -0.369 e. The van der Waals surface area contributed by atoms with Crippen LogP contribution in [0.1, 0.15) is 40.4 Å². The molecule has 1 N–H and O–H groups in total. The van der Waals surface area contributed by atoms with Gasteiger partial charge in [0, 0.05) is 37.4 Å². The molecule has 1 atom stereocenters. The summed E-state index contributed by atoms with van der Waals surface area (Å²) in [6.45, 7) is 4.11. The largest absolute Gasteiger partial charge is 0.369 e. The van der Waals surface area contributed by atoms with Gasteiger partial charge in [0.05, 0.1) is 10.9 Å². The minimum absolute atomic E-state index is 0.0607. The van der Waals surface area contributed by atoms with Crippen molar-refractivity contribution < 1.29 is 13.2 Å². The normalized spacial score (nSPS) is 17.7. The van der Waals surface area contributed by atoms with Gasteiger partial charge in [0.2, 0.25) is 10.0 Å². The number of benzene rings is 3. The molecule has 1 amide bonds. The molecule has 0 spiro atoms. The molecule has 5 rings (SSSR count). The second kappa shape index (κ2) is 9.84. The summed E-state index contributed by atoms with van der Waals surface area (Å²) in [6, 6.07) is 24.6. The first-order valence-electron chi connectivity index (χ1n) is 12.2. The number of hydrogen-bond donors (Lipinski definition) is 1. The zero-order chi connectivity index (χ0) is 24.4. The first-order valence-corrected chi connectivity index (χ1v) is 13.6. The van der Waals surface area contributed by atoms with Gasteiger partial charge in [0.25, 0.3) is 5.91 Å². The molecule has 1 saturated heterocycles. The number of carbonyl (C=O) groups excluding carboxylic acids is 1. The number of amides is 1. The molecule has 1 aliphatic carbocycles. The number of nitrogens with one attached hydrogen (secondary N) is 1. The average Bonchev–Trinajstić information content (AvgIpc) is 3.74. The van der Waals surface area contributed by atoms with E-state index < -0.39 is 10.0 Å². The van der Waals surface area contributed by atoms with Crippen LogP contribution in [0.15, 0.2) is 83.8 Å². The van der Waals surface area contributed by atoms with Crippen LogP contribution < -0.4 is 10.2 Å². The number of sulfonamides is 1. The molecular formula is C28H31N3O3S. The summed E-state index contributed by atoms with van der Waals surface area (Å²) in [6.07, 6.45) is 2.17. The summed E-state index contributed by atoms with van der Waals surface area (Å²) in [4.78, 5) is 15.5. The lowest BCUT2D eigenvalue weighted by Crippen LogP contribution is -2.48. The van der Waals surface area contributed by atoms with E-state index in [0.29, 0.717) is 37.7 Å². The van der Waals surface area contributed by atoms with Crippen LogP contribution in [-0.2, 0) is 10.0 Å². The fourth-order valence-electron chi connectivity index (χ4n) is 4.67. The van der Waals surface area contributed by atoms with Crippen molar-refractivity contribution in [2.45, 2.75) is 30.7 Å². The maximum atomic E-state index is 13.4. The number of piperazine rings is 1. The molecule has 0 aromatic heterocycles. The van der Waals surface area contributed by atoms with Crippen molar-refractivity contribution in [2.75, 3.05) is 31.1 Å². The Morgan fingerprint density at radius 2 is 1.57 bits per heavy atom. The molecule has 0 radical (unpaired) electrons. The highest BCUT2D eigenvalue weighted by atomic mass is 32.2. The molecule has 3 aromatic carbocycles. The molecule has 1 aliphatic heterocycles. The molecule has 3 aromatic rings. The third-order valence-electron chi connectivity index (χ3n) is 6.91. The van der Waals surface area contributed by atoms with E-state index in [9.17, 15) is 13.2 Å². The SMILES string of the molecule is Cc1ccc([C@H](NC(=O)c2cccc(S(=O)(=O)N3CCN(c4ccccc4)CC3)c2)C2CC2)cc1. The molecule has 35 heavy (non-hydrogen) atoms. The highest BCUT2D eigenvalue weighted by Crippen LogP contribution is 2.41. The molecule has 2 fully saturated rings. The molecule has 182 valence electrons. The summed E-state index contributed by atoms with van der Waals surface area (Å²) in [5.41, 5.74) is 3.73. The van der Waals surface area contributed by atoms with Gasteiger partial charge in [0.1, 0.15) is 0 Å². The van der Waals surface area contributed by atoms with E-state index in [4.69, 9.17) is 0 Å². The van der Waals surface area contributed by atoms with Gasteiger partial charge in [0.15, 0.2) is 0 Å². The zero-order valence-electron chi connectivity index (χ0n) is 19.9. The number of para-hydroxylation sites is 1. The highest BCUT2D eigenvalue weighted by molar-refractivity contribution is 7.89. The Hall–Kier alpha value is -3.16. The predicted molar refractivity (Wildman–Crippen MR) is 138 cm³/mol. The van der Waals surface area contributed by atoms with Crippen LogP contribution in [-0.4, -0.2) is 44.8 Å². The van der Waals surface area contributed by atoms with Crippen LogP contribution in [0.5, 0.6) is 0 Å². The van der Waals surface area contributed by atoms with Crippen molar-refractivity contribution in [3.05, 3.63) is 95.6 Å². The molecule has 1 saturated carbocycles. The molecule has 0 unspecified atom stereocenters. The predicted octanol–water partition coefficient (Wildman–Crippen LogP) is 4.39. The van der Waals surface area contributed by atoms with Crippen molar-refractivity contribution >= 4 is 21.6 Å². The standard InChI is InChI=1S/C28H31N3O3S/c1-21-10-12-22(13-11-21)27(23-14-15-23)29-28(32)24-6-5-9-26(20-24)35(33,34)31-18-16-30(17-19-31)25-7-3-2-4-8-25/h2-13,20,23,27H,14-19H2,1H3,(H,29,32)/t27-/m0/s1. The van der Waals surface area contributed by atoms with Crippen LogP contribution in [0, 0.1) is 12.8 Å². The number of rotatable bonds is 7. The summed E-state index contributed by atoms with van der Waals surface area (Å²) in [5, 5.41) is 3.16. The van der Waals surface area contributed by atoms with E-state index in [2.05, 4.69) is 34.5 Å². The maximum Gasteiger partial charge on any atom is 0.251 e. The van der Waals surface area contributed by atoms with E-state index in [1.807, 2.05) is 37.3 Å². The van der Waals surface area contributed by atoms with Gasteiger partial charge in [-0.05, 0) is 61.6 Å². The van der Waals surface area contributed by atoms with E-state index in [1.165, 1.54) is 15.9 Å². The Morgan fingerprint density at radius 1 is 0.886 bits per heavy atom. The van der Waals surface area contributed by atoms with Gasteiger partial charge in [-0.1, -0.05) is 54.1 Å². The van der Waals surface area contributed by atoms with Gasteiger partial charge in [-0.15, -0.1) is 0 Å². The fourth-order valence-corrected chi connectivity index (χ4v) is 6.14. The van der Waals surface area contributed by atoms with E-state index in [-0.39, 0.29) is 16.8 Å². The molecular weight excluding hydrogens is 458 g/mol. The van der Waals surface area contributed by atoms with Crippen molar-refractivity contribution in [3.63, 3.8) is 0 Å². The molecule has 7 heteroatoms. The highest BCUT2D eigenvalue weighted by Gasteiger charge is 2.34. The number of hydrogen-bond acceptors (Lipinski definition) is 4. The quantitative estimate of drug-likeness (QED) is 0.535. The van der Waals surface area contributed by atoms with Gasteiger partial charge < -0.3 is 10.2 Å². The summed E-state index contributed by atoms with van der Waals surface area (Å²) < 4.78 is 28.3. The third kappa shape index (κ3) is 5.26. The zero-order valence-corrected chi connectivity index (χ0v) is 20.7. The lowest BCUT2D eigenvalue weighted by atomic mass is 10.0. The van der Waals surface area contributed by atoms with Gasteiger partial charge in [-0.2, -0.15) is 4.31 Å². The topological polar surface area (TPSA) is 69.7 Å². The van der Waals surface area contributed by atoms with Gasteiger partial charge >= 0.3 is 0 Å². The van der Waals surface area contributed by atoms with Crippen molar-refractivity contribution in [2.24, 2.45) is 5.92 Å². The van der Waals surface area contributed by atoms with E-state index in [0.717, 1.165) is 24.1 Å². The Morgan fingerprint density at radius 3 is 2.23 bits per heavy atom. The Balaban J connectivity index is 1.29. The molecule has 6 nitrogen and oxygen atoms in total. The lowest BCUT2D eigenvalue weighted by Gasteiger charge is -2.35. The second-order valence-corrected chi connectivity index (χ2v) is 11.4. The van der Waals surface area contributed by atoms with E-state index in [1.54, 1.807) is 18.2 Å². The first kappa shape index (κ1) is 23.6. The lowest BCUT2D eigenvalue weighted by molar-refractivity contribution is 0.0931. The molecule has 0 bridgehead atoms. The van der Waals surface area contributed by atoms with Crippen LogP contribution in [0.3, 0.4) is 0 Å². The Bertz CT molecular complexity index is 1280. The van der Waals surface area contributed by atoms with Crippen molar-refractivity contribution in [3.8, 4) is 0 Å². The van der Waals surface area contributed by atoms with Crippen LogP contribution in [0.25, 0.3) is 0 Å². The third-order valence-corrected chi connectivity index (χ3v) is 8.81. The number of anilines is 1. The number of nitrogens with zero attached hydrogens (tertiary/aromatic N) is 2. The van der Waals surface area contributed by atoms with Crippen LogP contribution in [0.2, 0.25) is 0 Å². The monoisotopic (exact) mass is 489 g/mol. The Kier molecular flexibility index (Phi) is 6.62. The maximum absolute atomic E-state index is 13.4. The van der Waals surface area contributed by atoms with Crippen molar-refractivity contribution in [1.82, 2.24) is 9.62 Å². The van der Waals surface area contributed by atoms with Crippen molar-refractivity contribution in [1.29, 1.82) is 0 Å².